The van der Waals surface area contributed by atoms with Crippen molar-refractivity contribution in [1.29, 1.82) is 0 Å². The van der Waals surface area contributed by atoms with Crippen LogP contribution in [-0.2, 0) is 9.53 Å². The summed E-state index contributed by atoms with van der Waals surface area (Å²) in [6, 6.07) is 5.04. The first-order chi connectivity index (χ1) is 8.04. The van der Waals surface area contributed by atoms with Crippen molar-refractivity contribution in [2.24, 2.45) is 0 Å². The van der Waals surface area contributed by atoms with Crippen LogP contribution >= 0.6 is 0 Å². The molecule has 0 heterocycles. The van der Waals surface area contributed by atoms with E-state index in [1.165, 1.54) is 18.2 Å². The molecule has 0 spiro atoms. The third kappa shape index (κ3) is 3.67. The number of nitrogens with zero attached hydrogens (tertiary/aromatic N) is 1. The van der Waals surface area contributed by atoms with Crippen molar-refractivity contribution < 1.29 is 19.2 Å². The summed E-state index contributed by atoms with van der Waals surface area (Å²) >= 11 is 0. The molecule has 0 amide bonds. The van der Waals surface area contributed by atoms with E-state index in [0.29, 0.717) is 6.42 Å². The number of carbonyl (C=O) groups excluding carboxylic acids is 2. The van der Waals surface area contributed by atoms with Crippen LogP contribution in [0.25, 0.3) is 0 Å². The van der Waals surface area contributed by atoms with E-state index >= 15 is 0 Å². The molecular weight excluding hydrogens is 226 g/mol. The van der Waals surface area contributed by atoms with E-state index in [0.717, 1.165) is 6.07 Å². The van der Waals surface area contributed by atoms with Crippen LogP contribution in [0.15, 0.2) is 24.3 Å². The minimum atomic E-state index is -0.868. The van der Waals surface area contributed by atoms with E-state index in [2.05, 4.69) is 4.74 Å². The lowest BCUT2D eigenvalue weighted by atomic mass is 10.2. The van der Waals surface area contributed by atoms with Gasteiger partial charge in [-0.2, -0.15) is 0 Å². The van der Waals surface area contributed by atoms with Crippen molar-refractivity contribution in [3.8, 4) is 0 Å². The van der Waals surface area contributed by atoms with Gasteiger partial charge in [-0.15, -0.1) is 0 Å². The van der Waals surface area contributed by atoms with Crippen molar-refractivity contribution >= 4 is 17.6 Å². The van der Waals surface area contributed by atoms with Gasteiger partial charge in [-0.1, -0.05) is 13.0 Å². The third-order valence-electron chi connectivity index (χ3n) is 1.95. The maximum absolute atomic E-state index is 11.4. The monoisotopic (exact) mass is 237 g/mol. The summed E-state index contributed by atoms with van der Waals surface area (Å²) < 4.78 is 4.51. The van der Waals surface area contributed by atoms with E-state index in [1.807, 2.05) is 0 Å². The van der Waals surface area contributed by atoms with E-state index < -0.39 is 16.9 Å². The normalized spacial score (nSPS) is 9.71. The molecule has 0 unspecified atom stereocenters. The number of benzene rings is 1. The van der Waals surface area contributed by atoms with Crippen molar-refractivity contribution in [3.05, 3.63) is 39.9 Å². The Bertz CT molecular complexity index is 455. The third-order valence-corrected chi connectivity index (χ3v) is 1.95. The van der Waals surface area contributed by atoms with Gasteiger partial charge in [0.25, 0.3) is 5.69 Å². The van der Waals surface area contributed by atoms with Gasteiger partial charge in [-0.05, 0) is 12.5 Å². The number of carbonyl (C=O) groups is 2. The van der Waals surface area contributed by atoms with Crippen LogP contribution in [0.5, 0.6) is 0 Å². The highest BCUT2D eigenvalue weighted by Gasteiger charge is 2.15. The summed E-state index contributed by atoms with van der Waals surface area (Å²) in [6.07, 6.45) is 0.710. The van der Waals surface area contributed by atoms with Crippen molar-refractivity contribution in [1.82, 2.24) is 0 Å². The second kappa shape index (κ2) is 5.74. The Hall–Kier alpha value is -2.24. The van der Waals surface area contributed by atoms with Gasteiger partial charge in [0.2, 0.25) is 0 Å². The molecule has 0 saturated carbocycles. The molecule has 0 N–H and O–H groups in total. The summed E-state index contributed by atoms with van der Waals surface area (Å²) in [6.45, 7) is 1.78. The number of rotatable bonds is 4. The Kier molecular flexibility index (Phi) is 4.33. The number of nitro groups is 1. The van der Waals surface area contributed by atoms with Gasteiger partial charge < -0.3 is 4.74 Å². The molecule has 0 aromatic heterocycles. The maximum Gasteiger partial charge on any atom is 0.346 e. The largest absolute Gasteiger partial charge is 0.389 e. The van der Waals surface area contributed by atoms with Crippen molar-refractivity contribution in [3.63, 3.8) is 0 Å². The summed E-state index contributed by atoms with van der Waals surface area (Å²) in [7, 11) is 0. The summed E-state index contributed by atoms with van der Waals surface area (Å²) in [5.41, 5.74) is -0.231. The Morgan fingerprint density at radius 2 is 2.12 bits per heavy atom. The number of ether oxygens (including phenoxy) is 1. The van der Waals surface area contributed by atoms with Crippen LogP contribution in [0.4, 0.5) is 5.69 Å². The summed E-state index contributed by atoms with van der Waals surface area (Å²) in [5.74, 6) is -1.50. The molecule has 1 aromatic rings. The zero-order valence-electron chi connectivity index (χ0n) is 9.21. The smallest absolute Gasteiger partial charge is 0.346 e. The molecule has 6 nitrogen and oxygen atoms in total. The van der Waals surface area contributed by atoms with Crippen molar-refractivity contribution in [2.75, 3.05) is 0 Å². The molecule has 0 aliphatic rings. The van der Waals surface area contributed by atoms with Gasteiger partial charge in [0.05, 0.1) is 10.5 Å². The number of esters is 2. The Balaban J connectivity index is 2.79. The zero-order chi connectivity index (χ0) is 12.8. The minimum absolute atomic E-state index is 0.0105. The Labute approximate surface area is 97.3 Å². The van der Waals surface area contributed by atoms with Crippen LogP contribution in [0.3, 0.4) is 0 Å². The SMILES string of the molecule is CCCC(=O)OC(=O)c1cccc([N+](=O)[O-])c1. The number of nitro benzene ring substituents is 1. The lowest BCUT2D eigenvalue weighted by Crippen LogP contribution is -2.12. The van der Waals surface area contributed by atoms with E-state index in [4.69, 9.17) is 0 Å². The van der Waals surface area contributed by atoms with Gasteiger partial charge in [-0.25, -0.2) is 4.79 Å². The molecule has 0 atom stereocenters. The molecule has 0 radical (unpaired) electrons. The molecular formula is C11H11NO5. The molecule has 0 bridgehead atoms. The van der Waals surface area contributed by atoms with Crippen LogP contribution in [-0.4, -0.2) is 16.9 Å². The summed E-state index contributed by atoms with van der Waals surface area (Å²) in [5, 5.41) is 10.5. The van der Waals surface area contributed by atoms with E-state index in [9.17, 15) is 19.7 Å². The van der Waals surface area contributed by atoms with E-state index in [1.54, 1.807) is 6.92 Å². The molecule has 0 aliphatic carbocycles. The van der Waals surface area contributed by atoms with Gasteiger partial charge in [0, 0.05) is 18.6 Å². The molecule has 1 aromatic carbocycles. The minimum Gasteiger partial charge on any atom is -0.389 e. The fourth-order valence-electron chi connectivity index (χ4n) is 1.16. The first-order valence-electron chi connectivity index (χ1n) is 5.04. The second-order valence-electron chi connectivity index (χ2n) is 3.32. The standard InChI is InChI=1S/C11H11NO5/c1-2-4-10(13)17-11(14)8-5-3-6-9(7-8)12(15)16/h3,5-7H,2,4H2,1H3. The average Bonchev–Trinajstić information content (AvgIpc) is 2.29. The molecule has 1 rings (SSSR count). The number of non-ortho nitro benzene ring substituents is 1. The highest BCUT2D eigenvalue weighted by Crippen LogP contribution is 2.14. The van der Waals surface area contributed by atoms with Crippen LogP contribution in [0, 0.1) is 10.1 Å². The fraction of sp³-hybridized carbons (Fsp3) is 0.273. The van der Waals surface area contributed by atoms with Crippen LogP contribution in [0.1, 0.15) is 30.1 Å². The predicted octanol–water partition coefficient (Wildman–Crippen LogP) is 2.08. The molecule has 90 valence electrons. The maximum atomic E-state index is 11.4. The van der Waals surface area contributed by atoms with Crippen LogP contribution in [0.2, 0.25) is 0 Å². The van der Waals surface area contributed by atoms with Crippen LogP contribution < -0.4 is 0 Å². The van der Waals surface area contributed by atoms with Gasteiger partial charge >= 0.3 is 11.9 Å². The molecule has 17 heavy (non-hydrogen) atoms. The zero-order valence-corrected chi connectivity index (χ0v) is 9.21. The number of hydrogen-bond acceptors (Lipinski definition) is 5. The summed E-state index contributed by atoms with van der Waals surface area (Å²) in [4.78, 5) is 32.4. The second-order valence-corrected chi connectivity index (χ2v) is 3.32. The molecule has 6 heteroatoms. The molecule has 0 saturated heterocycles. The topological polar surface area (TPSA) is 86.5 Å². The highest BCUT2D eigenvalue weighted by atomic mass is 16.6. The Morgan fingerprint density at radius 3 is 2.71 bits per heavy atom. The predicted molar refractivity (Wildman–Crippen MR) is 58.4 cm³/mol. The highest BCUT2D eigenvalue weighted by molar-refractivity contribution is 5.97. The van der Waals surface area contributed by atoms with E-state index in [-0.39, 0.29) is 17.7 Å². The van der Waals surface area contributed by atoms with Gasteiger partial charge in [0.15, 0.2) is 0 Å². The molecule has 0 fully saturated rings. The first-order valence-corrected chi connectivity index (χ1v) is 5.04. The lowest BCUT2D eigenvalue weighted by Gasteiger charge is -2.01. The van der Waals surface area contributed by atoms with Gasteiger partial charge in [0.1, 0.15) is 0 Å². The van der Waals surface area contributed by atoms with Crippen molar-refractivity contribution in [2.45, 2.75) is 19.8 Å². The average molecular weight is 237 g/mol. The number of hydrogen-bond donors (Lipinski definition) is 0. The molecule has 0 aliphatic heterocycles. The van der Waals surface area contributed by atoms with Gasteiger partial charge in [-0.3, -0.25) is 14.9 Å². The fourth-order valence-corrected chi connectivity index (χ4v) is 1.16. The first kappa shape index (κ1) is 12.8. The lowest BCUT2D eigenvalue weighted by molar-refractivity contribution is -0.384. The Morgan fingerprint density at radius 1 is 1.41 bits per heavy atom. The quantitative estimate of drug-likeness (QED) is 0.346.